The first-order valence-electron chi connectivity index (χ1n) is 9.07. The monoisotopic (exact) mass is 359 g/mol. The summed E-state index contributed by atoms with van der Waals surface area (Å²) in [4.78, 5) is 9.79. The molecule has 3 nitrogen and oxygen atoms in total. The van der Waals surface area contributed by atoms with Crippen LogP contribution < -0.4 is 4.90 Å². The zero-order valence-corrected chi connectivity index (χ0v) is 16.1. The van der Waals surface area contributed by atoms with E-state index in [1.807, 2.05) is 12.1 Å². The van der Waals surface area contributed by atoms with Crippen LogP contribution in [0.5, 0.6) is 0 Å². The van der Waals surface area contributed by atoms with Crippen LogP contribution in [0.3, 0.4) is 0 Å². The fourth-order valence-corrected chi connectivity index (χ4v) is 5.57. The Hall–Kier alpha value is -1.46. The number of benzene rings is 1. The van der Waals surface area contributed by atoms with Crippen molar-refractivity contribution in [2.24, 2.45) is 0 Å². The largest absolute Gasteiger partial charge is 0.364 e. The quantitative estimate of drug-likeness (QED) is 0.797. The molecule has 3 heterocycles. The Morgan fingerprint density at radius 1 is 1.24 bits per heavy atom. The van der Waals surface area contributed by atoms with Crippen molar-refractivity contribution in [2.45, 2.75) is 57.7 Å². The predicted molar refractivity (Wildman–Crippen MR) is 102 cm³/mol. The van der Waals surface area contributed by atoms with Gasteiger partial charge in [-0.1, -0.05) is 0 Å². The van der Waals surface area contributed by atoms with Crippen molar-refractivity contribution in [1.29, 1.82) is 0 Å². The van der Waals surface area contributed by atoms with Crippen LogP contribution in [0.25, 0.3) is 0 Å². The van der Waals surface area contributed by atoms with Crippen molar-refractivity contribution >= 4 is 17.0 Å². The fourth-order valence-electron chi connectivity index (χ4n) is 4.79. The summed E-state index contributed by atoms with van der Waals surface area (Å²) in [5.41, 5.74) is 2.52. The van der Waals surface area contributed by atoms with Crippen LogP contribution in [-0.4, -0.2) is 34.1 Å². The van der Waals surface area contributed by atoms with E-state index in [4.69, 9.17) is 0 Å². The third-order valence-electron chi connectivity index (χ3n) is 5.82. The van der Waals surface area contributed by atoms with Crippen LogP contribution in [0.1, 0.15) is 43.8 Å². The van der Waals surface area contributed by atoms with Crippen molar-refractivity contribution in [3.63, 3.8) is 0 Å². The molecule has 1 atom stereocenters. The molecule has 2 aliphatic heterocycles. The lowest BCUT2D eigenvalue weighted by Gasteiger charge is -2.34. The number of nitrogens with zero attached hydrogens (tertiary/aromatic N) is 3. The third kappa shape index (κ3) is 3.08. The highest BCUT2D eigenvalue weighted by atomic mass is 32.1. The molecule has 4 rings (SSSR count). The molecule has 5 heteroatoms. The van der Waals surface area contributed by atoms with Gasteiger partial charge < -0.3 is 4.90 Å². The van der Waals surface area contributed by atoms with Gasteiger partial charge in [0.15, 0.2) is 0 Å². The molecule has 0 amide bonds. The minimum atomic E-state index is -0.169. The molecule has 0 bridgehead atoms. The van der Waals surface area contributed by atoms with Crippen molar-refractivity contribution < 1.29 is 4.39 Å². The summed E-state index contributed by atoms with van der Waals surface area (Å²) in [6.45, 7) is 9.80. The van der Waals surface area contributed by atoms with Gasteiger partial charge in [-0.25, -0.2) is 9.37 Å². The van der Waals surface area contributed by atoms with E-state index in [2.05, 4.69) is 40.9 Å². The number of aromatic nitrogens is 1. The van der Waals surface area contributed by atoms with Gasteiger partial charge in [0.05, 0.1) is 6.54 Å². The molecule has 2 fully saturated rings. The SMILES string of the molecule is Cc1csc(CN2CCCC23CN(c2ccc(F)cc2)C(C)(C)C3)n1. The highest BCUT2D eigenvalue weighted by Crippen LogP contribution is 2.47. The summed E-state index contributed by atoms with van der Waals surface area (Å²) in [7, 11) is 0. The Balaban J connectivity index is 1.60. The second kappa shape index (κ2) is 6.06. The van der Waals surface area contributed by atoms with E-state index in [1.54, 1.807) is 23.5 Å². The molecule has 2 saturated heterocycles. The van der Waals surface area contributed by atoms with E-state index in [0.29, 0.717) is 0 Å². The molecule has 1 unspecified atom stereocenters. The van der Waals surface area contributed by atoms with E-state index in [-0.39, 0.29) is 16.9 Å². The number of thiazole rings is 1. The average molecular weight is 360 g/mol. The van der Waals surface area contributed by atoms with Crippen LogP contribution in [0.4, 0.5) is 10.1 Å². The topological polar surface area (TPSA) is 19.4 Å². The minimum absolute atomic E-state index is 0.0687. The number of hydrogen-bond donors (Lipinski definition) is 0. The average Bonchev–Trinajstić information content (AvgIpc) is 3.20. The smallest absolute Gasteiger partial charge is 0.123 e. The van der Waals surface area contributed by atoms with Crippen LogP contribution in [-0.2, 0) is 6.54 Å². The molecule has 2 aromatic rings. The van der Waals surface area contributed by atoms with Crippen molar-refractivity contribution in [3.8, 4) is 0 Å². The summed E-state index contributed by atoms with van der Waals surface area (Å²) in [5, 5.41) is 3.36. The number of rotatable bonds is 3. The maximum atomic E-state index is 13.3. The van der Waals surface area contributed by atoms with E-state index < -0.39 is 0 Å². The molecule has 1 aromatic heterocycles. The van der Waals surface area contributed by atoms with Gasteiger partial charge >= 0.3 is 0 Å². The molecule has 0 radical (unpaired) electrons. The summed E-state index contributed by atoms with van der Waals surface area (Å²) in [5.74, 6) is -0.169. The van der Waals surface area contributed by atoms with Gasteiger partial charge in [0.25, 0.3) is 0 Å². The second-order valence-corrected chi connectivity index (χ2v) is 9.13. The van der Waals surface area contributed by atoms with E-state index in [9.17, 15) is 4.39 Å². The van der Waals surface area contributed by atoms with E-state index in [1.165, 1.54) is 17.8 Å². The zero-order chi connectivity index (χ0) is 17.7. The first-order chi connectivity index (χ1) is 11.9. The first kappa shape index (κ1) is 17.0. The first-order valence-corrected chi connectivity index (χ1v) is 9.95. The molecule has 1 aromatic carbocycles. The molecule has 134 valence electrons. The number of anilines is 1. The van der Waals surface area contributed by atoms with Crippen LogP contribution in [0.15, 0.2) is 29.6 Å². The Kier molecular flexibility index (Phi) is 4.12. The lowest BCUT2D eigenvalue weighted by Crippen LogP contribution is -2.45. The standard InChI is InChI=1S/C20H26FN3S/c1-15-12-25-18(22-15)11-23-10-4-9-20(23)13-19(2,3)24(14-20)17-7-5-16(21)6-8-17/h5-8,12H,4,9-11,13-14H2,1-3H3. The highest BCUT2D eigenvalue weighted by molar-refractivity contribution is 7.09. The normalized spacial score (nSPS) is 26.0. The molecule has 2 aliphatic rings. The third-order valence-corrected chi connectivity index (χ3v) is 6.77. The van der Waals surface area contributed by atoms with E-state index in [0.717, 1.165) is 37.4 Å². The minimum Gasteiger partial charge on any atom is -0.364 e. The van der Waals surface area contributed by atoms with Gasteiger partial charge in [-0.3, -0.25) is 4.90 Å². The Labute approximate surface area is 153 Å². The van der Waals surface area contributed by atoms with Crippen LogP contribution in [0.2, 0.25) is 0 Å². The van der Waals surface area contributed by atoms with Crippen molar-refractivity contribution in [2.75, 3.05) is 18.0 Å². The maximum Gasteiger partial charge on any atom is 0.123 e. The molecule has 0 N–H and O–H groups in total. The molecule has 1 spiro atoms. The zero-order valence-electron chi connectivity index (χ0n) is 15.3. The number of likely N-dealkylation sites (tertiary alicyclic amines) is 1. The highest BCUT2D eigenvalue weighted by Gasteiger charge is 2.53. The summed E-state index contributed by atoms with van der Waals surface area (Å²) < 4.78 is 13.3. The number of aryl methyl sites for hydroxylation is 1. The Morgan fingerprint density at radius 3 is 2.68 bits per heavy atom. The summed E-state index contributed by atoms with van der Waals surface area (Å²) in [6.07, 6.45) is 3.62. The van der Waals surface area contributed by atoms with Crippen molar-refractivity contribution in [1.82, 2.24) is 9.88 Å². The molecular formula is C20H26FN3S. The van der Waals surface area contributed by atoms with Gasteiger partial charge in [-0.2, -0.15) is 0 Å². The maximum absolute atomic E-state index is 13.3. The van der Waals surface area contributed by atoms with Gasteiger partial charge in [-0.05, 0) is 70.8 Å². The molecule has 25 heavy (non-hydrogen) atoms. The van der Waals surface area contributed by atoms with Gasteiger partial charge in [0, 0.05) is 34.4 Å². The van der Waals surface area contributed by atoms with Gasteiger partial charge in [-0.15, -0.1) is 11.3 Å². The Morgan fingerprint density at radius 2 is 2.00 bits per heavy atom. The van der Waals surface area contributed by atoms with Crippen molar-refractivity contribution in [3.05, 3.63) is 46.2 Å². The number of halogens is 1. The lowest BCUT2D eigenvalue weighted by atomic mass is 9.88. The number of hydrogen-bond acceptors (Lipinski definition) is 4. The summed E-state index contributed by atoms with van der Waals surface area (Å²) >= 11 is 1.77. The van der Waals surface area contributed by atoms with E-state index >= 15 is 0 Å². The summed E-state index contributed by atoms with van der Waals surface area (Å²) in [6, 6.07) is 6.97. The van der Waals surface area contributed by atoms with Crippen LogP contribution in [0, 0.1) is 12.7 Å². The fraction of sp³-hybridized carbons (Fsp3) is 0.550. The van der Waals surface area contributed by atoms with Gasteiger partial charge in [0.1, 0.15) is 10.8 Å². The lowest BCUT2D eigenvalue weighted by molar-refractivity contribution is 0.141. The predicted octanol–water partition coefficient (Wildman–Crippen LogP) is 4.61. The van der Waals surface area contributed by atoms with Gasteiger partial charge in [0.2, 0.25) is 0 Å². The molecular weight excluding hydrogens is 333 g/mol. The molecule has 0 aliphatic carbocycles. The second-order valence-electron chi connectivity index (χ2n) is 8.18. The van der Waals surface area contributed by atoms with Crippen LogP contribution >= 0.6 is 11.3 Å². The molecule has 0 saturated carbocycles. The Bertz CT molecular complexity index is 755.